The number of hydrogen-bond acceptors (Lipinski definition) is 9. The second kappa shape index (κ2) is 16.9. The summed E-state index contributed by atoms with van der Waals surface area (Å²) in [5, 5.41) is 6.03. The first-order valence-corrected chi connectivity index (χ1v) is 15.7. The summed E-state index contributed by atoms with van der Waals surface area (Å²) in [5.74, 6) is 0.551. The third-order valence-corrected chi connectivity index (χ3v) is 7.46. The molecule has 0 aliphatic rings. The number of unbranched alkanes of at least 4 members (excludes halogenated alkanes) is 3. The number of esters is 1. The fourth-order valence-corrected chi connectivity index (χ4v) is 4.90. The molecule has 0 radical (unpaired) electrons. The Morgan fingerprint density at radius 3 is 2.52 bits per heavy atom. The van der Waals surface area contributed by atoms with Gasteiger partial charge in [0.25, 0.3) is 5.91 Å². The molecule has 0 saturated heterocycles. The third kappa shape index (κ3) is 9.27. The number of imidazole rings is 1. The number of benzene rings is 2. The Morgan fingerprint density at radius 2 is 1.80 bits per heavy atom. The van der Waals surface area contributed by atoms with Crippen molar-refractivity contribution in [1.82, 2.24) is 19.9 Å². The predicted molar refractivity (Wildman–Crippen MR) is 177 cm³/mol. The van der Waals surface area contributed by atoms with E-state index in [0.717, 1.165) is 48.3 Å². The standard InChI is InChI=1S/C34H43N7O5/c1-4-6-7-10-21-46-34(44)39-32(35)24-12-15-26(16-13-24)37-23-30-38-27-22-25(14-17-28(27)40(30)3)33(43)41(20-18-31(42)45-5-2)29-11-8-9-19-36-29/h8-9,11-17,19,22,32,37H,4-7,10,18,20-21,23,35H2,1-3H3,(H,39,44). The van der Waals surface area contributed by atoms with Crippen LogP contribution < -0.4 is 21.3 Å². The highest BCUT2D eigenvalue weighted by molar-refractivity contribution is 6.07. The second-order valence-corrected chi connectivity index (χ2v) is 10.8. The molecule has 4 N–H and O–H groups in total. The lowest BCUT2D eigenvalue weighted by Gasteiger charge is -2.21. The van der Waals surface area contributed by atoms with E-state index in [1.54, 1.807) is 43.5 Å². The molecule has 0 saturated carbocycles. The number of nitrogens with two attached hydrogens (primary N) is 1. The summed E-state index contributed by atoms with van der Waals surface area (Å²) < 4.78 is 12.2. The van der Waals surface area contributed by atoms with Crippen LogP contribution in [-0.2, 0) is 27.9 Å². The van der Waals surface area contributed by atoms with E-state index >= 15 is 0 Å². The number of fused-ring (bicyclic) bond motifs is 1. The molecule has 0 spiro atoms. The van der Waals surface area contributed by atoms with Crippen molar-refractivity contribution in [3.05, 3.63) is 83.8 Å². The Balaban J connectivity index is 1.38. The number of carbonyl (C=O) groups excluding carboxylic acids is 3. The minimum Gasteiger partial charge on any atom is -0.466 e. The van der Waals surface area contributed by atoms with Crippen LogP contribution in [-0.4, -0.2) is 52.3 Å². The monoisotopic (exact) mass is 629 g/mol. The Morgan fingerprint density at radius 1 is 1.00 bits per heavy atom. The van der Waals surface area contributed by atoms with Crippen LogP contribution in [0.5, 0.6) is 0 Å². The largest absolute Gasteiger partial charge is 0.466 e. The molecule has 0 aliphatic heterocycles. The molecule has 2 heterocycles. The minimum absolute atomic E-state index is 0.0486. The summed E-state index contributed by atoms with van der Waals surface area (Å²) in [5.41, 5.74) is 9.72. The van der Waals surface area contributed by atoms with Crippen molar-refractivity contribution in [2.45, 2.75) is 58.7 Å². The fraction of sp³-hybridized carbons (Fsp3) is 0.382. The zero-order chi connectivity index (χ0) is 32.9. The number of alkyl carbamates (subject to hydrolysis) is 1. The van der Waals surface area contributed by atoms with Crippen molar-refractivity contribution in [2.24, 2.45) is 12.8 Å². The van der Waals surface area contributed by atoms with Gasteiger partial charge < -0.3 is 30.4 Å². The molecule has 2 aromatic carbocycles. The molecule has 244 valence electrons. The van der Waals surface area contributed by atoms with E-state index < -0.39 is 12.3 Å². The van der Waals surface area contributed by atoms with E-state index in [2.05, 4.69) is 22.5 Å². The molecule has 0 fully saturated rings. The minimum atomic E-state index is -0.687. The number of nitrogens with one attached hydrogen (secondary N) is 2. The van der Waals surface area contributed by atoms with Crippen LogP contribution in [0.1, 0.15) is 73.9 Å². The van der Waals surface area contributed by atoms with Crippen molar-refractivity contribution in [3.8, 4) is 0 Å². The number of rotatable bonds is 16. The number of nitrogens with zero attached hydrogens (tertiary/aromatic N) is 4. The summed E-state index contributed by atoms with van der Waals surface area (Å²) in [6.07, 6.45) is 4.55. The number of aromatic nitrogens is 3. The number of amides is 2. The van der Waals surface area contributed by atoms with Crippen LogP contribution >= 0.6 is 0 Å². The van der Waals surface area contributed by atoms with E-state index in [0.29, 0.717) is 30.0 Å². The highest BCUT2D eigenvalue weighted by Gasteiger charge is 2.21. The Bertz CT molecular complexity index is 1590. The quantitative estimate of drug-likeness (QED) is 0.0835. The lowest BCUT2D eigenvalue weighted by Crippen LogP contribution is -2.34. The number of pyridine rings is 1. The van der Waals surface area contributed by atoms with Gasteiger partial charge in [-0.15, -0.1) is 0 Å². The van der Waals surface area contributed by atoms with E-state index in [-0.39, 0.29) is 31.4 Å². The maximum absolute atomic E-state index is 13.6. The summed E-state index contributed by atoms with van der Waals surface area (Å²) in [6, 6.07) is 18.1. The molecular formula is C34H43N7O5. The van der Waals surface area contributed by atoms with Crippen LogP contribution in [0.3, 0.4) is 0 Å². The molecule has 12 nitrogen and oxygen atoms in total. The molecule has 4 rings (SSSR count). The fourth-order valence-electron chi connectivity index (χ4n) is 4.90. The van der Waals surface area contributed by atoms with Crippen molar-refractivity contribution >= 4 is 40.5 Å². The summed E-state index contributed by atoms with van der Waals surface area (Å²) in [4.78, 5) is 48.3. The first kappa shape index (κ1) is 33.9. The average Bonchev–Trinajstić information content (AvgIpc) is 3.38. The van der Waals surface area contributed by atoms with E-state index in [4.69, 9.17) is 20.2 Å². The Hall–Kier alpha value is -4.97. The molecule has 0 bridgehead atoms. The average molecular weight is 630 g/mol. The number of carbonyl (C=O) groups is 3. The molecule has 46 heavy (non-hydrogen) atoms. The molecule has 1 unspecified atom stereocenters. The molecule has 1 atom stereocenters. The highest BCUT2D eigenvalue weighted by atomic mass is 16.5. The number of anilines is 2. The number of aryl methyl sites for hydroxylation is 1. The van der Waals surface area contributed by atoms with E-state index in [9.17, 15) is 14.4 Å². The predicted octanol–water partition coefficient (Wildman–Crippen LogP) is 5.44. The van der Waals surface area contributed by atoms with Gasteiger partial charge in [0.15, 0.2) is 0 Å². The van der Waals surface area contributed by atoms with Crippen LogP contribution in [0.25, 0.3) is 11.0 Å². The normalized spacial score (nSPS) is 11.6. The Labute approximate surface area is 269 Å². The maximum Gasteiger partial charge on any atom is 0.408 e. The highest BCUT2D eigenvalue weighted by Crippen LogP contribution is 2.22. The first-order chi connectivity index (χ1) is 22.3. The topological polar surface area (TPSA) is 154 Å². The van der Waals surface area contributed by atoms with Gasteiger partial charge >= 0.3 is 12.1 Å². The summed E-state index contributed by atoms with van der Waals surface area (Å²) in [7, 11) is 1.92. The van der Waals surface area contributed by atoms with Gasteiger partial charge in [-0.2, -0.15) is 0 Å². The van der Waals surface area contributed by atoms with Crippen LogP contribution in [0.15, 0.2) is 66.9 Å². The van der Waals surface area contributed by atoms with Gasteiger partial charge in [-0.25, -0.2) is 14.8 Å². The van der Waals surface area contributed by atoms with Gasteiger partial charge in [0.2, 0.25) is 0 Å². The smallest absolute Gasteiger partial charge is 0.408 e. The van der Waals surface area contributed by atoms with Gasteiger partial charge in [0.05, 0.1) is 37.2 Å². The summed E-state index contributed by atoms with van der Waals surface area (Å²) >= 11 is 0. The second-order valence-electron chi connectivity index (χ2n) is 10.8. The zero-order valence-electron chi connectivity index (χ0n) is 26.7. The molecule has 4 aromatic rings. The third-order valence-electron chi connectivity index (χ3n) is 7.46. The Kier molecular flexibility index (Phi) is 12.5. The van der Waals surface area contributed by atoms with E-state index in [1.165, 1.54) is 4.90 Å². The van der Waals surface area contributed by atoms with Crippen LogP contribution in [0.2, 0.25) is 0 Å². The lowest BCUT2D eigenvalue weighted by atomic mass is 10.1. The summed E-state index contributed by atoms with van der Waals surface area (Å²) in [6.45, 7) is 5.09. The first-order valence-electron chi connectivity index (χ1n) is 15.7. The van der Waals surface area contributed by atoms with Crippen molar-refractivity contribution in [2.75, 3.05) is 30.0 Å². The van der Waals surface area contributed by atoms with Gasteiger partial charge in [0, 0.05) is 31.0 Å². The van der Waals surface area contributed by atoms with Gasteiger partial charge in [-0.05, 0) is 61.4 Å². The molecular weight excluding hydrogens is 586 g/mol. The van der Waals surface area contributed by atoms with Gasteiger partial charge in [0.1, 0.15) is 17.8 Å². The molecule has 2 aromatic heterocycles. The van der Waals surface area contributed by atoms with Crippen molar-refractivity contribution in [3.63, 3.8) is 0 Å². The lowest BCUT2D eigenvalue weighted by molar-refractivity contribution is -0.142. The molecule has 2 amide bonds. The van der Waals surface area contributed by atoms with Crippen molar-refractivity contribution in [1.29, 1.82) is 0 Å². The SMILES string of the molecule is CCCCCCOC(=O)NC(N)c1ccc(NCc2nc3cc(C(=O)N(CCC(=O)OCC)c4ccccn4)ccc3n2C)cc1. The number of ether oxygens (including phenoxy) is 2. The van der Waals surface area contributed by atoms with Crippen LogP contribution in [0, 0.1) is 0 Å². The molecule has 12 heteroatoms. The van der Waals surface area contributed by atoms with Gasteiger partial charge in [-0.1, -0.05) is 44.4 Å². The van der Waals surface area contributed by atoms with Gasteiger partial charge in [-0.3, -0.25) is 14.5 Å². The molecule has 0 aliphatic carbocycles. The van der Waals surface area contributed by atoms with Crippen LogP contribution in [0.4, 0.5) is 16.3 Å². The van der Waals surface area contributed by atoms with Crippen molar-refractivity contribution < 1.29 is 23.9 Å². The van der Waals surface area contributed by atoms with E-state index in [1.807, 2.05) is 41.9 Å². The zero-order valence-corrected chi connectivity index (χ0v) is 26.7. The number of hydrogen-bond donors (Lipinski definition) is 3. The maximum atomic E-state index is 13.6.